The minimum Gasteiger partial charge on any atom is -0.480 e. The molecule has 1 atom stereocenters. The second-order valence-electron chi connectivity index (χ2n) is 3.77. The molecule has 0 radical (unpaired) electrons. The fourth-order valence-electron chi connectivity index (χ4n) is 0.928. The molecule has 9 heteroatoms. The van der Waals surface area contributed by atoms with Crippen LogP contribution in [0.2, 0.25) is 0 Å². The monoisotopic (exact) mass is 275 g/mol. The van der Waals surface area contributed by atoms with Gasteiger partial charge in [0.25, 0.3) is 0 Å². The summed E-state index contributed by atoms with van der Waals surface area (Å²) in [6.07, 6.45) is 1.99. The minimum absolute atomic E-state index is 0.0573. The third kappa shape index (κ3) is 18.5. The van der Waals surface area contributed by atoms with Gasteiger partial charge in [0, 0.05) is 13.1 Å². The van der Waals surface area contributed by atoms with Crippen LogP contribution in [0.1, 0.15) is 26.2 Å². The molecular formula is C10H25N7O2. The summed E-state index contributed by atoms with van der Waals surface area (Å²) in [7, 11) is 0. The second kappa shape index (κ2) is 12.4. The maximum atomic E-state index is 10.2. The molecule has 0 aromatic rings. The van der Waals surface area contributed by atoms with Crippen LogP contribution in [0.5, 0.6) is 0 Å². The van der Waals surface area contributed by atoms with E-state index >= 15 is 0 Å². The molecule has 0 aromatic carbocycles. The Morgan fingerprint density at radius 2 is 1.68 bits per heavy atom. The van der Waals surface area contributed by atoms with Crippen LogP contribution < -0.4 is 27.8 Å². The van der Waals surface area contributed by atoms with Crippen molar-refractivity contribution in [1.82, 2.24) is 10.6 Å². The molecule has 0 heterocycles. The first-order valence-corrected chi connectivity index (χ1v) is 5.95. The summed E-state index contributed by atoms with van der Waals surface area (Å²) in [5.41, 5.74) is 15.2. The molecule has 0 aliphatic rings. The van der Waals surface area contributed by atoms with E-state index in [1.54, 1.807) is 0 Å². The molecule has 0 fully saturated rings. The van der Waals surface area contributed by atoms with Gasteiger partial charge >= 0.3 is 5.97 Å². The van der Waals surface area contributed by atoms with Crippen LogP contribution in [-0.4, -0.2) is 42.1 Å². The maximum Gasteiger partial charge on any atom is 0.320 e. The zero-order valence-electron chi connectivity index (χ0n) is 11.2. The normalized spacial score (nSPS) is 10.6. The van der Waals surface area contributed by atoms with E-state index < -0.39 is 12.0 Å². The Bertz CT molecular complexity index is 283. The molecule has 0 aromatic heterocycles. The van der Waals surface area contributed by atoms with E-state index in [-0.39, 0.29) is 11.9 Å². The van der Waals surface area contributed by atoms with Gasteiger partial charge in [-0.15, -0.1) is 0 Å². The highest BCUT2D eigenvalue weighted by atomic mass is 16.4. The van der Waals surface area contributed by atoms with Crippen molar-refractivity contribution in [1.29, 1.82) is 10.8 Å². The molecule has 0 rings (SSSR count). The average Bonchev–Trinajstić information content (AvgIpc) is 2.32. The minimum atomic E-state index is -1.00. The summed E-state index contributed by atoms with van der Waals surface area (Å²) < 4.78 is 0. The molecule has 0 saturated heterocycles. The van der Waals surface area contributed by atoms with E-state index in [1.807, 2.05) is 6.92 Å². The largest absolute Gasteiger partial charge is 0.480 e. The molecule has 19 heavy (non-hydrogen) atoms. The van der Waals surface area contributed by atoms with E-state index in [0.717, 1.165) is 13.0 Å². The van der Waals surface area contributed by atoms with Gasteiger partial charge in [-0.3, -0.25) is 15.6 Å². The van der Waals surface area contributed by atoms with Crippen molar-refractivity contribution in [3.63, 3.8) is 0 Å². The lowest BCUT2D eigenvalue weighted by Crippen LogP contribution is -2.34. The molecule has 0 saturated carbocycles. The zero-order chi connectivity index (χ0) is 15.3. The highest BCUT2D eigenvalue weighted by Gasteiger charge is 2.09. The van der Waals surface area contributed by atoms with Crippen LogP contribution in [0.4, 0.5) is 0 Å². The fraction of sp³-hybridized carbons (Fsp3) is 0.700. The molecule has 9 nitrogen and oxygen atoms in total. The van der Waals surface area contributed by atoms with Crippen molar-refractivity contribution in [2.24, 2.45) is 17.2 Å². The van der Waals surface area contributed by atoms with Crippen LogP contribution in [0, 0.1) is 10.8 Å². The summed E-state index contributed by atoms with van der Waals surface area (Å²) in [5, 5.41) is 27.0. The quantitative estimate of drug-likeness (QED) is 0.158. The zero-order valence-corrected chi connectivity index (χ0v) is 11.2. The number of guanidine groups is 2. The number of hydrogen-bond donors (Lipinski definition) is 8. The molecular weight excluding hydrogens is 250 g/mol. The number of carboxylic acid groups (broad SMARTS) is 1. The van der Waals surface area contributed by atoms with Crippen molar-refractivity contribution in [3.8, 4) is 0 Å². The van der Waals surface area contributed by atoms with Crippen LogP contribution >= 0.6 is 0 Å². The topological polar surface area (TPSA) is 187 Å². The van der Waals surface area contributed by atoms with Gasteiger partial charge in [-0.25, -0.2) is 0 Å². The number of rotatable bonds is 7. The van der Waals surface area contributed by atoms with E-state index in [9.17, 15) is 4.79 Å². The molecule has 0 aliphatic heterocycles. The summed E-state index contributed by atoms with van der Waals surface area (Å²) in [6, 6.07) is -0.821. The first kappa shape index (κ1) is 19.3. The lowest BCUT2D eigenvalue weighted by Gasteiger charge is -2.06. The predicted molar refractivity (Wildman–Crippen MR) is 75.0 cm³/mol. The molecule has 0 amide bonds. The van der Waals surface area contributed by atoms with Crippen LogP contribution in [0.25, 0.3) is 0 Å². The highest BCUT2D eigenvalue weighted by Crippen LogP contribution is 1.92. The van der Waals surface area contributed by atoms with Gasteiger partial charge in [-0.2, -0.15) is 0 Å². The Morgan fingerprint density at radius 3 is 2.00 bits per heavy atom. The number of nitrogens with two attached hydrogens (primary N) is 3. The predicted octanol–water partition coefficient (Wildman–Crippen LogP) is -1.46. The summed E-state index contributed by atoms with van der Waals surface area (Å²) in [6.45, 7) is 3.31. The summed E-state index contributed by atoms with van der Waals surface area (Å²) in [4.78, 5) is 10.2. The Kier molecular flexibility index (Phi) is 12.6. The second-order valence-corrected chi connectivity index (χ2v) is 3.77. The molecule has 0 spiro atoms. The van der Waals surface area contributed by atoms with E-state index in [0.29, 0.717) is 19.4 Å². The summed E-state index contributed by atoms with van der Waals surface area (Å²) >= 11 is 0. The number of hydrogen-bond acceptors (Lipinski definition) is 4. The number of nitrogens with one attached hydrogen (secondary N) is 4. The Balaban J connectivity index is 0. The first-order valence-electron chi connectivity index (χ1n) is 5.95. The van der Waals surface area contributed by atoms with Gasteiger partial charge in [0.2, 0.25) is 0 Å². The van der Waals surface area contributed by atoms with Gasteiger partial charge in [-0.1, -0.05) is 6.92 Å². The maximum absolute atomic E-state index is 10.2. The number of aliphatic carboxylic acids is 1. The smallest absolute Gasteiger partial charge is 0.320 e. The van der Waals surface area contributed by atoms with Gasteiger partial charge in [0.1, 0.15) is 6.04 Å². The molecule has 11 N–H and O–H groups in total. The van der Waals surface area contributed by atoms with Crippen molar-refractivity contribution >= 4 is 17.9 Å². The molecule has 0 unspecified atom stereocenters. The molecule has 112 valence electrons. The first-order chi connectivity index (χ1) is 8.81. The Hall–Kier alpha value is -2.03. The fourth-order valence-corrected chi connectivity index (χ4v) is 0.928. The van der Waals surface area contributed by atoms with Crippen LogP contribution in [0.15, 0.2) is 0 Å². The van der Waals surface area contributed by atoms with Gasteiger partial charge in [0.05, 0.1) is 0 Å². The molecule has 0 bridgehead atoms. The Morgan fingerprint density at radius 1 is 1.21 bits per heavy atom. The van der Waals surface area contributed by atoms with Crippen molar-refractivity contribution in [3.05, 3.63) is 0 Å². The lowest BCUT2D eigenvalue weighted by atomic mass is 10.2. The third-order valence-electron chi connectivity index (χ3n) is 1.89. The van der Waals surface area contributed by atoms with Gasteiger partial charge in [0.15, 0.2) is 11.9 Å². The van der Waals surface area contributed by atoms with Gasteiger partial charge < -0.3 is 32.9 Å². The average molecular weight is 275 g/mol. The number of carbonyl (C=O) groups is 1. The lowest BCUT2D eigenvalue weighted by molar-refractivity contribution is -0.138. The third-order valence-corrected chi connectivity index (χ3v) is 1.89. The van der Waals surface area contributed by atoms with Crippen LogP contribution in [-0.2, 0) is 4.79 Å². The standard InChI is InChI=1S/C6H14N4O2.C4H11N3/c7-4(5(11)12)2-1-3-10-6(8)9;1-2-3-7-4(5)6/h4H,1-3,7H2,(H,11,12)(H4,8,9,10);2-3H2,1H3,(H4,5,6,7)/t4-;/m0./s1. The molecule has 0 aliphatic carbocycles. The van der Waals surface area contributed by atoms with E-state index in [2.05, 4.69) is 10.6 Å². The van der Waals surface area contributed by atoms with Crippen molar-refractivity contribution in [2.45, 2.75) is 32.2 Å². The van der Waals surface area contributed by atoms with Gasteiger partial charge in [-0.05, 0) is 19.3 Å². The SMILES string of the molecule is CCCNC(=N)N.N=C(N)NCCC[C@H](N)C(=O)O. The van der Waals surface area contributed by atoms with E-state index in [1.165, 1.54) is 0 Å². The Labute approximate surface area is 112 Å². The number of carboxylic acids is 1. The summed E-state index contributed by atoms with van der Waals surface area (Å²) in [5.74, 6) is -1.06. The van der Waals surface area contributed by atoms with E-state index in [4.69, 9.17) is 33.1 Å². The van der Waals surface area contributed by atoms with Crippen molar-refractivity contribution < 1.29 is 9.90 Å². The van der Waals surface area contributed by atoms with Crippen LogP contribution in [0.3, 0.4) is 0 Å². The highest BCUT2D eigenvalue weighted by molar-refractivity contribution is 5.74. The van der Waals surface area contributed by atoms with Crippen molar-refractivity contribution in [2.75, 3.05) is 13.1 Å².